The van der Waals surface area contributed by atoms with E-state index in [9.17, 15) is 4.79 Å². The van der Waals surface area contributed by atoms with Gasteiger partial charge >= 0.3 is 0 Å². The third-order valence-electron chi connectivity index (χ3n) is 3.12. The zero-order valence-corrected chi connectivity index (χ0v) is 12.3. The number of carbonyl (C=O) groups excluding carboxylic acids is 1. The number of hydrogen-bond donors (Lipinski definition) is 2. The molecule has 0 fully saturated rings. The third-order valence-corrected chi connectivity index (χ3v) is 3.12. The first-order valence-electron chi connectivity index (χ1n) is 6.64. The van der Waals surface area contributed by atoms with Gasteiger partial charge in [-0.2, -0.15) is 0 Å². The Balaban J connectivity index is 2.65. The quantitative estimate of drug-likeness (QED) is 0.700. The summed E-state index contributed by atoms with van der Waals surface area (Å²) in [5.74, 6) is 0.610. The molecule has 0 radical (unpaired) electrons. The van der Waals surface area contributed by atoms with E-state index in [-0.39, 0.29) is 19.1 Å². The molecule has 5 heteroatoms. The van der Waals surface area contributed by atoms with E-state index >= 15 is 0 Å². The van der Waals surface area contributed by atoms with Crippen molar-refractivity contribution in [1.82, 2.24) is 5.32 Å². The number of benzene rings is 1. The van der Waals surface area contributed by atoms with Gasteiger partial charge in [-0.15, -0.1) is 0 Å². The lowest BCUT2D eigenvalue weighted by Crippen LogP contribution is -2.41. The summed E-state index contributed by atoms with van der Waals surface area (Å²) in [6, 6.07) is 7.49. The average Bonchev–Trinajstić information content (AvgIpc) is 2.46. The molecule has 0 aliphatic carbocycles. The molecule has 0 aromatic heterocycles. The molecule has 0 bridgehead atoms. The van der Waals surface area contributed by atoms with E-state index in [1.54, 1.807) is 7.11 Å². The highest BCUT2D eigenvalue weighted by atomic mass is 16.5. The van der Waals surface area contributed by atoms with Gasteiger partial charge < -0.3 is 19.9 Å². The highest BCUT2D eigenvalue weighted by molar-refractivity contribution is 5.88. The van der Waals surface area contributed by atoms with Crippen LogP contribution in [0.15, 0.2) is 24.3 Å². The van der Waals surface area contributed by atoms with Gasteiger partial charge in [0, 0.05) is 12.1 Å². The molecular weight excluding hydrogens is 258 g/mol. The lowest BCUT2D eigenvalue weighted by Gasteiger charge is -2.26. The van der Waals surface area contributed by atoms with Crippen molar-refractivity contribution in [2.75, 3.05) is 33.5 Å². The molecule has 0 atom stereocenters. The summed E-state index contributed by atoms with van der Waals surface area (Å²) < 4.78 is 10.4. The molecule has 20 heavy (non-hydrogen) atoms. The van der Waals surface area contributed by atoms with E-state index < -0.39 is 5.41 Å². The molecule has 112 valence electrons. The van der Waals surface area contributed by atoms with E-state index in [1.165, 1.54) is 0 Å². The summed E-state index contributed by atoms with van der Waals surface area (Å²) in [6.45, 7) is 4.78. The molecule has 0 spiro atoms. The van der Waals surface area contributed by atoms with Crippen molar-refractivity contribution in [1.29, 1.82) is 0 Å². The van der Waals surface area contributed by atoms with E-state index in [1.807, 2.05) is 38.1 Å². The normalized spacial score (nSPS) is 11.2. The summed E-state index contributed by atoms with van der Waals surface area (Å²) in [4.78, 5) is 12.3. The first kappa shape index (κ1) is 16.5. The Kier molecular flexibility index (Phi) is 6.48. The fraction of sp³-hybridized carbons (Fsp3) is 0.533. The average molecular weight is 281 g/mol. The smallest absolute Gasteiger partial charge is 0.230 e. The highest BCUT2D eigenvalue weighted by Gasteiger charge is 2.32. The number of rotatable bonds is 8. The number of aliphatic hydroxyl groups excluding tert-OH is 1. The maximum atomic E-state index is 12.3. The number of amides is 1. The second-order valence-corrected chi connectivity index (χ2v) is 4.92. The molecule has 0 saturated heterocycles. The molecule has 5 nitrogen and oxygen atoms in total. The maximum Gasteiger partial charge on any atom is 0.230 e. The number of aliphatic hydroxyl groups is 1. The molecule has 2 N–H and O–H groups in total. The molecule has 0 saturated carbocycles. The Labute approximate surface area is 119 Å². The van der Waals surface area contributed by atoms with Crippen LogP contribution in [0.4, 0.5) is 0 Å². The van der Waals surface area contributed by atoms with E-state index in [2.05, 4.69) is 5.32 Å². The molecule has 1 amide bonds. The third kappa shape index (κ3) is 4.21. The van der Waals surface area contributed by atoms with Crippen LogP contribution in [0, 0.1) is 0 Å². The van der Waals surface area contributed by atoms with Crippen molar-refractivity contribution in [2.24, 2.45) is 0 Å². The lowest BCUT2D eigenvalue weighted by molar-refractivity contribution is -0.125. The second-order valence-electron chi connectivity index (χ2n) is 4.92. The van der Waals surface area contributed by atoms with Crippen LogP contribution in [-0.2, 0) is 14.9 Å². The van der Waals surface area contributed by atoms with Crippen LogP contribution < -0.4 is 10.1 Å². The van der Waals surface area contributed by atoms with Crippen LogP contribution in [0.25, 0.3) is 0 Å². The number of nitrogens with one attached hydrogen (secondary N) is 1. The minimum atomic E-state index is -0.691. The van der Waals surface area contributed by atoms with Gasteiger partial charge in [0.2, 0.25) is 5.91 Å². The first-order valence-corrected chi connectivity index (χ1v) is 6.64. The fourth-order valence-corrected chi connectivity index (χ4v) is 1.91. The van der Waals surface area contributed by atoms with E-state index in [0.717, 1.165) is 5.56 Å². The SMILES string of the molecule is COc1ccccc1C(C)(C)C(=O)NCCOCCO. The zero-order valence-electron chi connectivity index (χ0n) is 12.3. The second kappa shape index (κ2) is 7.87. The monoisotopic (exact) mass is 281 g/mol. The molecule has 1 aromatic rings. The Bertz CT molecular complexity index is 432. The number of methoxy groups -OCH3 is 1. The summed E-state index contributed by atoms with van der Waals surface area (Å²) >= 11 is 0. The lowest BCUT2D eigenvalue weighted by atomic mass is 9.83. The van der Waals surface area contributed by atoms with Crippen LogP contribution in [0.2, 0.25) is 0 Å². The van der Waals surface area contributed by atoms with Crippen LogP contribution in [-0.4, -0.2) is 44.5 Å². The molecule has 0 aliphatic rings. The van der Waals surface area contributed by atoms with Crippen molar-refractivity contribution < 1.29 is 19.4 Å². The molecule has 1 aromatic carbocycles. The summed E-state index contributed by atoms with van der Waals surface area (Å²) in [7, 11) is 1.59. The van der Waals surface area contributed by atoms with E-state index in [0.29, 0.717) is 18.9 Å². The summed E-state index contributed by atoms with van der Waals surface area (Å²) in [5.41, 5.74) is 0.153. The largest absolute Gasteiger partial charge is 0.496 e. The van der Waals surface area contributed by atoms with Crippen LogP contribution in [0.1, 0.15) is 19.4 Å². The number of ether oxygens (including phenoxy) is 2. The highest BCUT2D eigenvalue weighted by Crippen LogP contribution is 2.31. The van der Waals surface area contributed by atoms with Crippen molar-refractivity contribution in [3.63, 3.8) is 0 Å². The Hall–Kier alpha value is -1.59. The van der Waals surface area contributed by atoms with Gasteiger partial charge in [-0.1, -0.05) is 18.2 Å². The van der Waals surface area contributed by atoms with Crippen molar-refractivity contribution in [2.45, 2.75) is 19.3 Å². The van der Waals surface area contributed by atoms with Gasteiger partial charge in [0.25, 0.3) is 0 Å². The number of hydrogen-bond acceptors (Lipinski definition) is 4. The zero-order chi connectivity index (χ0) is 15.0. The first-order chi connectivity index (χ1) is 9.54. The van der Waals surface area contributed by atoms with Crippen molar-refractivity contribution in [3.8, 4) is 5.75 Å². The number of para-hydroxylation sites is 1. The number of carbonyl (C=O) groups is 1. The molecule has 0 aliphatic heterocycles. The standard InChI is InChI=1S/C15H23NO4/c1-15(2,12-6-4-5-7-13(12)19-3)14(18)16-8-10-20-11-9-17/h4-7,17H,8-11H2,1-3H3,(H,16,18). The minimum absolute atomic E-state index is 0.0132. The topological polar surface area (TPSA) is 67.8 Å². The van der Waals surface area contributed by atoms with E-state index in [4.69, 9.17) is 14.6 Å². The Morgan fingerprint density at radius 1 is 1.30 bits per heavy atom. The van der Waals surface area contributed by atoms with Gasteiger partial charge in [0.05, 0.1) is 32.3 Å². The molecule has 0 heterocycles. The minimum Gasteiger partial charge on any atom is -0.496 e. The molecule has 0 unspecified atom stereocenters. The van der Waals surface area contributed by atoms with Gasteiger partial charge in [-0.25, -0.2) is 0 Å². The summed E-state index contributed by atoms with van der Waals surface area (Å²) in [6.07, 6.45) is 0. The maximum absolute atomic E-state index is 12.3. The van der Waals surface area contributed by atoms with Gasteiger partial charge in [0.15, 0.2) is 0 Å². The Morgan fingerprint density at radius 2 is 2.00 bits per heavy atom. The molecular formula is C15H23NO4. The molecule has 1 rings (SSSR count). The predicted octanol–water partition coefficient (Wildman–Crippen LogP) is 1.10. The van der Waals surface area contributed by atoms with Gasteiger partial charge in [-0.3, -0.25) is 4.79 Å². The Morgan fingerprint density at radius 3 is 2.65 bits per heavy atom. The fourth-order valence-electron chi connectivity index (χ4n) is 1.91. The van der Waals surface area contributed by atoms with Crippen LogP contribution in [0.3, 0.4) is 0 Å². The predicted molar refractivity (Wildman–Crippen MR) is 76.9 cm³/mol. The van der Waals surface area contributed by atoms with Crippen LogP contribution >= 0.6 is 0 Å². The van der Waals surface area contributed by atoms with Crippen molar-refractivity contribution in [3.05, 3.63) is 29.8 Å². The van der Waals surface area contributed by atoms with Crippen molar-refractivity contribution >= 4 is 5.91 Å². The van der Waals surface area contributed by atoms with Gasteiger partial charge in [0.1, 0.15) is 5.75 Å². The van der Waals surface area contributed by atoms with Gasteiger partial charge in [-0.05, 0) is 19.9 Å². The van der Waals surface area contributed by atoms with Crippen LogP contribution in [0.5, 0.6) is 5.75 Å². The summed E-state index contributed by atoms with van der Waals surface area (Å²) in [5, 5.41) is 11.4.